The van der Waals surface area contributed by atoms with Crippen molar-refractivity contribution in [2.45, 2.75) is 39.2 Å². The molecule has 0 saturated heterocycles. The molecule has 0 aromatic heterocycles. The largest absolute Gasteiger partial charge is 0.368 e. The third-order valence-electron chi connectivity index (χ3n) is 1.80. The van der Waals surface area contributed by atoms with Crippen molar-refractivity contribution >= 4 is 5.91 Å². The quantitative estimate of drug-likeness (QED) is 0.630. The molecule has 0 aromatic rings. The van der Waals surface area contributed by atoms with Crippen molar-refractivity contribution < 1.29 is 4.79 Å². The second-order valence-electron chi connectivity index (χ2n) is 3.71. The van der Waals surface area contributed by atoms with Gasteiger partial charge in [-0.15, -0.1) is 0 Å². The Morgan fingerprint density at radius 1 is 1.55 bits per heavy atom. The summed E-state index contributed by atoms with van der Waals surface area (Å²) in [6.45, 7) is 5.87. The van der Waals surface area contributed by atoms with Crippen LogP contribution in [0.3, 0.4) is 0 Å². The van der Waals surface area contributed by atoms with E-state index in [-0.39, 0.29) is 0 Å². The van der Waals surface area contributed by atoms with Crippen LogP contribution in [0.25, 0.3) is 0 Å². The van der Waals surface area contributed by atoms with Gasteiger partial charge in [-0.1, -0.05) is 13.8 Å². The Hall–Kier alpha value is -0.570. The third-order valence-corrected chi connectivity index (χ3v) is 1.80. The van der Waals surface area contributed by atoms with E-state index in [1.165, 1.54) is 0 Å². The van der Waals surface area contributed by atoms with Gasteiger partial charge in [-0.05, 0) is 25.7 Å². The van der Waals surface area contributed by atoms with Crippen LogP contribution in [0.5, 0.6) is 0 Å². The van der Waals surface area contributed by atoms with Crippen LogP contribution < -0.4 is 11.5 Å². The van der Waals surface area contributed by atoms with Gasteiger partial charge < -0.3 is 11.5 Å². The first-order valence-corrected chi connectivity index (χ1v) is 3.95. The van der Waals surface area contributed by atoms with Gasteiger partial charge in [-0.2, -0.15) is 0 Å². The van der Waals surface area contributed by atoms with Crippen molar-refractivity contribution in [1.82, 2.24) is 0 Å². The lowest BCUT2D eigenvalue weighted by Gasteiger charge is -2.20. The Morgan fingerprint density at radius 2 is 2.00 bits per heavy atom. The maximum absolute atomic E-state index is 10.7. The van der Waals surface area contributed by atoms with Crippen LogP contribution in [-0.2, 0) is 4.79 Å². The Balaban J connectivity index is 3.83. The summed E-state index contributed by atoms with van der Waals surface area (Å²) in [6, 6.07) is 0. The van der Waals surface area contributed by atoms with Crippen molar-refractivity contribution in [2.75, 3.05) is 0 Å². The minimum Gasteiger partial charge on any atom is -0.368 e. The molecule has 0 heterocycles. The van der Waals surface area contributed by atoms with E-state index >= 15 is 0 Å². The molecule has 0 aromatic carbocycles. The van der Waals surface area contributed by atoms with E-state index < -0.39 is 11.4 Å². The number of hydrogen-bond donors (Lipinski definition) is 2. The van der Waals surface area contributed by atoms with Crippen LogP contribution in [0.4, 0.5) is 0 Å². The number of amides is 1. The number of carbonyl (C=O) groups excluding carboxylic acids is 1. The van der Waals surface area contributed by atoms with E-state index in [2.05, 4.69) is 13.8 Å². The van der Waals surface area contributed by atoms with Gasteiger partial charge in [0.2, 0.25) is 5.91 Å². The molecule has 0 fully saturated rings. The van der Waals surface area contributed by atoms with Gasteiger partial charge in [0, 0.05) is 0 Å². The Bertz CT molecular complexity index is 141. The van der Waals surface area contributed by atoms with Crippen molar-refractivity contribution in [2.24, 2.45) is 17.4 Å². The number of carbonyl (C=O) groups is 1. The molecule has 0 aliphatic heterocycles. The standard InChI is InChI=1S/C8H18N2O/c1-6(2)4-5-8(3,10)7(9)11/h6H,4-5,10H2,1-3H3,(H2,9,11). The SMILES string of the molecule is CC(C)CCC(C)(N)C(N)=O. The highest BCUT2D eigenvalue weighted by atomic mass is 16.1. The molecule has 0 bridgehead atoms. The zero-order valence-electron chi connectivity index (χ0n) is 7.55. The van der Waals surface area contributed by atoms with Gasteiger partial charge in [0.1, 0.15) is 0 Å². The van der Waals surface area contributed by atoms with E-state index in [4.69, 9.17) is 11.5 Å². The maximum atomic E-state index is 10.7. The zero-order chi connectivity index (χ0) is 9.07. The fourth-order valence-corrected chi connectivity index (χ4v) is 0.712. The average molecular weight is 158 g/mol. The molecule has 0 aliphatic carbocycles. The van der Waals surface area contributed by atoms with Crippen molar-refractivity contribution in [1.29, 1.82) is 0 Å². The summed E-state index contributed by atoms with van der Waals surface area (Å²) in [7, 11) is 0. The molecule has 11 heavy (non-hydrogen) atoms. The number of hydrogen-bond acceptors (Lipinski definition) is 2. The fourth-order valence-electron chi connectivity index (χ4n) is 0.712. The van der Waals surface area contributed by atoms with Crippen molar-refractivity contribution in [3.63, 3.8) is 0 Å². The van der Waals surface area contributed by atoms with E-state index in [0.29, 0.717) is 12.3 Å². The predicted molar refractivity (Wildman–Crippen MR) is 45.9 cm³/mol. The molecule has 0 rings (SSSR count). The first kappa shape index (κ1) is 10.4. The third kappa shape index (κ3) is 3.98. The van der Waals surface area contributed by atoms with Crippen LogP contribution >= 0.6 is 0 Å². The molecule has 1 amide bonds. The Morgan fingerprint density at radius 3 is 2.27 bits per heavy atom. The highest BCUT2D eigenvalue weighted by Gasteiger charge is 2.24. The molecule has 1 atom stereocenters. The predicted octanol–water partition coefficient (Wildman–Crippen LogP) is 0.625. The molecule has 66 valence electrons. The Labute approximate surface area is 68.1 Å². The van der Waals surface area contributed by atoms with Crippen LogP contribution in [-0.4, -0.2) is 11.4 Å². The molecule has 3 heteroatoms. The topological polar surface area (TPSA) is 69.1 Å². The summed E-state index contributed by atoms with van der Waals surface area (Å²) in [5, 5.41) is 0. The van der Waals surface area contributed by atoms with Gasteiger partial charge in [0.05, 0.1) is 5.54 Å². The lowest BCUT2D eigenvalue weighted by Crippen LogP contribution is -2.49. The van der Waals surface area contributed by atoms with E-state index in [9.17, 15) is 4.79 Å². The smallest absolute Gasteiger partial charge is 0.237 e. The number of primary amides is 1. The monoisotopic (exact) mass is 158 g/mol. The van der Waals surface area contributed by atoms with Crippen LogP contribution in [0.1, 0.15) is 33.6 Å². The summed E-state index contributed by atoms with van der Waals surface area (Å²) in [5.41, 5.74) is 9.90. The normalized spacial score (nSPS) is 16.5. The first-order valence-electron chi connectivity index (χ1n) is 3.95. The minimum atomic E-state index is -0.829. The van der Waals surface area contributed by atoms with Gasteiger partial charge in [-0.25, -0.2) is 0 Å². The number of nitrogens with two attached hydrogens (primary N) is 2. The molecule has 0 saturated carbocycles. The number of rotatable bonds is 4. The van der Waals surface area contributed by atoms with Crippen LogP contribution in [0, 0.1) is 5.92 Å². The molecular formula is C8H18N2O. The van der Waals surface area contributed by atoms with Gasteiger partial charge in [-0.3, -0.25) is 4.79 Å². The van der Waals surface area contributed by atoms with Crippen molar-refractivity contribution in [3.8, 4) is 0 Å². The molecule has 4 N–H and O–H groups in total. The summed E-state index contributed by atoms with van der Waals surface area (Å²) in [6.07, 6.45) is 1.61. The summed E-state index contributed by atoms with van der Waals surface area (Å²) in [5.74, 6) is 0.148. The second kappa shape index (κ2) is 3.72. The van der Waals surface area contributed by atoms with Gasteiger partial charge in [0.15, 0.2) is 0 Å². The minimum absolute atomic E-state index is 0.418. The highest BCUT2D eigenvalue weighted by Crippen LogP contribution is 2.12. The lowest BCUT2D eigenvalue weighted by molar-refractivity contribution is -0.122. The van der Waals surface area contributed by atoms with Gasteiger partial charge >= 0.3 is 0 Å². The van der Waals surface area contributed by atoms with E-state index in [0.717, 1.165) is 6.42 Å². The molecule has 0 spiro atoms. The molecule has 0 aliphatic rings. The molecular weight excluding hydrogens is 140 g/mol. The zero-order valence-corrected chi connectivity index (χ0v) is 7.55. The van der Waals surface area contributed by atoms with Crippen LogP contribution in [0.15, 0.2) is 0 Å². The lowest BCUT2D eigenvalue weighted by atomic mass is 9.92. The van der Waals surface area contributed by atoms with Gasteiger partial charge in [0.25, 0.3) is 0 Å². The summed E-state index contributed by atoms with van der Waals surface area (Å²) >= 11 is 0. The van der Waals surface area contributed by atoms with Crippen molar-refractivity contribution in [3.05, 3.63) is 0 Å². The average Bonchev–Trinajstić information content (AvgIpc) is 1.84. The summed E-state index contributed by atoms with van der Waals surface area (Å²) in [4.78, 5) is 10.7. The van der Waals surface area contributed by atoms with E-state index in [1.807, 2.05) is 0 Å². The first-order chi connectivity index (χ1) is 4.86. The molecule has 0 radical (unpaired) electrons. The second-order valence-corrected chi connectivity index (χ2v) is 3.71. The summed E-state index contributed by atoms with van der Waals surface area (Å²) < 4.78 is 0. The maximum Gasteiger partial charge on any atom is 0.237 e. The fraction of sp³-hybridized carbons (Fsp3) is 0.875. The van der Waals surface area contributed by atoms with Crippen LogP contribution in [0.2, 0.25) is 0 Å². The highest BCUT2D eigenvalue weighted by molar-refractivity contribution is 5.83. The Kier molecular flexibility index (Phi) is 3.52. The molecule has 3 nitrogen and oxygen atoms in total. The molecule has 1 unspecified atom stereocenters. The van der Waals surface area contributed by atoms with E-state index in [1.54, 1.807) is 6.92 Å².